The van der Waals surface area contributed by atoms with Crippen molar-refractivity contribution in [1.82, 2.24) is 5.32 Å². The van der Waals surface area contributed by atoms with Gasteiger partial charge in [-0.15, -0.1) is 0 Å². The highest BCUT2D eigenvalue weighted by molar-refractivity contribution is 6.00. The molecule has 0 saturated heterocycles. The van der Waals surface area contributed by atoms with Gasteiger partial charge in [0.05, 0.1) is 25.8 Å². The summed E-state index contributed by atoms with van der Waals surface area (Å²) in [5.41, 5.74) is 1.59. The van der Waals surface area contributed by atoms with Crippen molar-refractivity contribution in [3.8, 4) is 11.5 Å². The number of para-hydroxylation sites is 2. The molecule has 2 aromatic carbocycles. The molecule has 1 N–H and O–H groups in total. The SMILES string of the molecule is COc1ccc(CNC(=O)CN2C(=O)CCOc3ccccc32)cc1. The summed E-state index contributed by atoms with van der Waals surface area (Å²) in [6.07, 6.45) is 0.250. The molecule has 0 aromatic heterocycles. The highest BCUT2D eigenvalue weighted by Crippen LogP contribution is 2.30. The Hall–Kier alpha value is -3.02. The van der Waals surface area contributed by atoms with Crippen LogP contribution in [-0.2, 0) is 16.1 Å². The molecule has 2 aromatic rings. The molecule has 0 fully saturated rings. The smallest absolute Gasteiger partial charge is 0.240 e. The van der Waals surface area contributed by atoms with E-state index in [1.54, 1.807) is 19.2 Å². The van der Waals surface area contributed by atoms with Crippen LogP contribution in [0.3, 0.4) is 0 Å². The van der Waals surface area contributed by atoms with Crippen molar-refractivity contribution in [3.63, 3.8) is 0 Å². The first kappa shape index (κ1) is 16.8. The third-order valence-electron chi connectivity index (χ3n) is 3.98. The molecule has 0 unspecified atom stereocenters. The molecule has 0 spiro atoms. The van der Waals surface area contributed by atoms with Gasteiger partial charge in [-0.25, -0.2) is 0 Å². The van der Waals surface area contributed by atoms with E-state index in [-0.39, 0.29) is 24.8 Å². The molecule has 0 radical (unpaired) electrons. The number of ether oxygens (including phenoxy) is 2. The summed E-state index contributed by atoms with van der Waals surface area (Å²) in [5.74, 6) is 1.04. The Morgan fingerprint density at radius 2 is 1.96 bits per heavy atom. The molecule has 0 bridgehead atoms. The quantitative estimate of drug-likeness (QED) is 0.905. The van der Waals surface area contributed by atoms with Crippen LogP contribution in [0.2, 0.25) is 0 Å². The summed E-state index contributed by atoms with van der Waals surface area (Å²) >= 11 is 0. The maximum Gasteiger partial charge on any atom is 0.240 e. The largest absolute Gasteiger partial charge is 0.497 e. The Morgan fingerprint density at radius 1 is 1.20 bits per heavy atom. The number of nitrogens with zero attached hydrogens (tertiary/aromatic N) is 1. The fourth-order valence-electron chi connectivity index (χ4n) is 2.64. The first-order valence-electron chi connectivity index (χ1n) is 8.09. The van der Waals surface area contributed by atoms with E-state index in [1.165, 1.54) is 4.90 Å². The van der Waals surface area contributed by atoms with Crippen LogP contribution in [0.4, 0.5) is 5.69 Å². The molecular formula is C19H20N2O4. The number of carbonyl (C=O) groups excluding carboxylic acids is 2. The van der Waals surface area contributed by atoms with Crippen LogP contribution >= 0.6 is 0 Å². The standard InChI is InChI=1S/C19H20N2O4/c1-24-15-8-6-14(7-9-15)12-20-18(22)13-21-16-4-2-3-5-17(16)25-11-10-19(21)23/h2-9H,10-13H2,1H3,(H,20,22). The summed E-state index contributed by atoms with van der Waals surface area (Å²) in [6, 6.07) is 14.7. The topological polar surface area (TPSA) is 67.9 Å². The third kappa shape index (κ3) is 4.09. The zero-order chi connectivity index (χ0) is 17.6. The van der Waals surface area contributed by atoms with Crippen LogP contribution in [0.1, 0.15) is 12.0 Å². The van der Waals surface area contributed by atoms with Gasteiger partial charge in [0, 0.05) is 6.54 Å². The Bertz CT molecular complexity index is 758. The highest BCUT2D eigenvalue weighted by atomic mass is 16.5. The predicted octanol–water partition coefficient (Wildman–Crippen LogP) is 2.13. The fourth-order valence-corrected chi connectivity index (χ4v) is 2.64. The lowest BCUT2D eigenvalue weighted by atomic mass is 10.2. The maximum absolute atomic E-state index is 12.3. The van der Waals surface area contributed by atoms with Gasteiger partial charge in [0.2, 0.25) is 11.8 Å². The molecule has 3 rings (SSSR count). The number of fused-ring (bicyclic) bond motifs is 1. The lowest BCUT2D eigenvalue weighted by molar-refractivity contribution is -0.124. The van der Waals surface area contributed by atoms with E-state index in [0.717, 1.165) is 11.3 Å². The molecule has 0 aliphatic carbocycles. The van der Waals surface area contributed by atoms with Crippen molar-refractivity contribution >= 4 is 17.5 Å². The molecule has 25 heavy (non-hydrogen) atoms. The number of hydrogen-bond acceptors (Lipinski definition) is 4. The normalized spacial score (nSPS) is 13.5. The summed E-state index contributed by atoms with van der Waals surface area (Å²) < 4.78 is 10.7. The molecule has 1 aliphatic heterocycles. The second-order valence-electron chi connectivity index (χ2n) is 5.67. The van der Waals surface area contributed by atoms with Crippen LogP contribution in [0, 0.1) is 0 Å². The minimum absolute atomic E-state index is 0.0324. The van der Waals surface area contributed by atoms with Crippen molar-refractivity contribution in [1.29, 1.82) is 0 Å². The van der Waals surface area contributed by atoms with Gasteiger partial charge in [-0.05, 0) is 29.8 Å². The number of methoxy groups -OCH3 is 1. The van der Waals surface area contributed by atoms with Crippen molar-refractivity contribution in [3.05, 3.63) is 54.1 Å². The van der Waals surface area contributed by atoms with E-state index in [0.29, 0.717) is 24.6 Å². The van der Waals surface area contributed by atoms with Gasteiger partial charge in [0.15, 0.2) is 0 Å². The van der Waals surface area contributed by atoms with Gasteiger partial charge in [0.1, 0.15) is 18.0 Å². The van der Waals surface area contributed by atoms with Crippen molar-refractivity contribution < 1.29 is 19.1 Å². The molecule has 1 aliphatic rings. The van der Waals surface area contributed by atoms with Crippen LogP contribution < -0.4 is 19.7 Å². The average molecular weight is 340 g/mol. The third-order valence-corrected chi connectivity index (χ3v) is 3.98. The van der Waals surface area contributed by atoms with E-state index in [1.807, 2.05) is 36.4 Å². The van der Waals surface area contributed by atoms with Crippen molar-refractivity contribution in [2.24, 2.45) is 0 Å². The molecule has 130 valence electrons. The first-order valence-corrected chi connectivity index (χ1v) is 8.09. The lowest BCUT2D eigenvalue weighted by Gasteiger charge is -2.21. The van der Waals surface area contributed by atoms with Gasteiger partial charge in [-0.1, -0.05) is 24.3 Å². The first-order chi connectivity index (χ1) is 12.2. The van der Waals surface area contributed by atoms with E-state index in [4.69, 9.17) is 9.47 Å². The second-order valence-corrected chi connectivity index (χ2v) is 5.67. The number of nitrogens with one attached hydrogen (secondary N) is 1. The van der Waals surface area contributed by atoms with Gasteiger partial charge in [-0.3, -0.25) is 14.5 Å². The van der Waals surface area contributed by atoms with Gasteiger partial charge in [0.25, 0.3) is 0 Å². The van der Waals surface area contributed by atoms with Crippen molar-refractivity contribution in [2.75, 3.05) is 25.2 Å². The number of anilines is 1. The fraction of sp³-hybridized carbons (Fsp3) is 0.263. The molecule has 1 heterocycles. The van der Waals surface area contributed by atoms with E-state index in [9.17, 15) is 9.59 Å². The summed E-state index contributed by atoms with van der Waals surface area (Å²) in [5, 5.41) is 2.84. The number of hydrogen-bond donors (Lipinski definition) is 1. The summed E-state index contributed by atoms with van der Waals surface area (Å²) in [4.78, 5) is 26.1. The average Bonchev–Trinajstić information content (AvgIpc) is 2.80. The molecule has 6 heteroatoms. The number of benzene rings is 2. The van der Waals surface area contributed by atoms with Crippen LogP contribution in [0.25, 0.3) is 0 Å². The van der Waals surface area contributed by atoms with E-state index >= 15 is 0 Å². The van der Waals surface area contributed by atoms with Crippen LogP contribution in [0.5, 0.6) is 11.5 Å². The molecule has 0 saturated carbocycles. The number of carbonyl (C=O) groups is 2. The van der Waals surface area contributed by atoms with Gasteiger partial charge >= 0.3 is 0 Å². The Labute approximate surface area is 146 Å². The molecule has 0 atom stereocenters. The summed E-state index contributed by atoms with van der Waals surface area (Å²) in [7, 11) is 1.61. The zero-order valence-corrected chi connectivity index (χ0v) is 14.0. The Balaban J connectivity index is 1.64. The lowest BCUT2D eigenvalue weighted by Crippen LogP contribution is -2.40. The minimum atomic E-state index is -0.221. The molecule has 6 nitrogen and oxygen atoms in total. The molecular weight excluding hydrogens is 320 g/mol. The van der Waals surface area contributed by atoms with Gasteiger partial charge in [-0.2, -0.15) is 0 Å². The Kier molecular flexibility index (Phi) is 5.18. The van der Waals surface area contributed by atoms with Crippen molar-refractivity contribution in [2.45, 2.75) is 13.0 Å². The van der Waals surface area contributed by atoms with Crippen LogP contribution in [-0.4, -0.2) is 32.1 Å². The monoisotopic (exact) mass is 340 g/mol. The predicted molar refractivity (Wildman–Crippen MR) is 93.7 cm³/mol. The summed E-state index contributed by atoms with van der Waals surface area (Å²) in [6.45, 7) is 0.679. The zero-order valence-electron chi connectivity index (χ0n) is 14.0. The van der Waals surface area contributed by atoms with Crippen LogP contribution in [0.15, 0.2) is 48.5 Å². The maximum atomic E-state index is 12.3. The van der Waals surface area contributed by atoms with Gasteiger partial charge < -0.3 is 14.8 Å². The minimum Gasteiger partial charge on any atom is -0.497 e. The highest BCUT2D eigenvalue weighted by Gasteiger charge is 2.24. The van der Waals surface area contributed by atoms with E-state index in [2.05, 4.69) is 5.32 Å². The number of amides is 2. The second kappa shape index (κ2) is 7.70. The Morgan fingerprint density at radius 3 is 2.72 bits per heavy atom. The molecule has 2 amide bonds. The van der Waals surface area contributed by atoms with E-state index < -0.39 is 0 Å². The number of rotatable bonds is 5.